The maximum Gasteiger partial charge on any atom is 0.309 e. The summed E-state index contributed by atoms with van der Waals surface area (Å²) in [5.74, 6) is -0.208. The van der Waals surface area contributed by atoms with Gasteiger partial charge < -0.3 is 4.74 Å². The Bertz CT molecular complexity index is 353. The molecule has 0 aliphatic rings. The molecule has 0 amide bonds. The largest absolute Gasteiger partial charge is 0.469 e. The second-order valence-corrected chi connectivity index (χ2v) is 3.23. The number of hydrogen-bond donors (Lipinski definition) is 0. The molecule has 0 aliphatic carbocycles. The van der Waals surface area contributed by atoms with Crippen molar-refractivity contribution in [1.82, 2.24) is 0 Å². The molecule has 0 N–H and O–H groups in total. The molecule has 80 valence electrons. The second kappa shape index (κ2) is 6.02. The summed E-state index contributed by atoms with van der Waals surface area (Å²) in [5.41, 5.74) is 2.46. The third-order valence-electron chi connectivity index (χ3n) is 2.25. The molecule has 0 bridgehead atoms. The predicted molar refractivity (Wildman–Crippen MR) is 61.5 cm³/mol. The van der Waals surface area contributed by atoms with E-state index in [0.717, 1.165) is 6.42 Å². The van der Waals surface area contributed by atoms with E-state index in [0.29, 0.717) is 6.42 Å². The number of carbonyl (C=O) groups is 1. The van der Waals surface area contributed by atoms with Crippen molar-refractivity contribution in [2.45, 2.75) is 19.8 Å². The number of benzene rings is 1. The molecule has 1 aromatic rings. The fraction of sp³-hybridized carbons (Fsp3) is 0.308. The first kappa shape index (κ1) is 11.5. The minimum atomic E-state index is -0.208. The highest BCUT2D eigenvalue weighted by Crippen LogP contribution is 2.11. The summed E-state index contributed by atoms with van der Waals surface area (Å²) < 4.78 is 4.55. The molecule has 0 atom stereocenters. The summed E-state index contributed by atoms with van der Waals surface area (Å²) in [6.07, 6.45) is 5.13. The summed E-state index contributed by atoms with van der Waals surface area (Å²) in [4.78, 5) is 10.9. The molecular formula is C13H16O2. The first-order chi connectivity index (χ1) is 7.27. The number of hydrogen-bond acceptors (Lipinski definition) is 2. The van der Waals surface area contributed by atoms with Crippen LogP contribution < -0.4 is 0 Å². The van der Waals surface area contributed by atoms with E-state index < -0.39 is 0 Å². The summed E-state index contributed by atoms with van der Waals surface area (Å²) in [6, 6.07) is 8.16. The van der Waals surface area contributed by atoms with E-state index in [2.05, 4.69) is 17.7 Å². The maximum atomic E-state index is 10.9. The third kappa shape index (κ3) is 3.58. The molecule has 0 unspecified atom stereocenters. The van der Waals surface area contributed by atoms with E-state index in [9.17, 15) is 4.79 Å². The van der Waals surface area contributed by atoms with Crippen LogP contribution in [0.2, 0.25) is 0 Å². The molecule has 0 aliphatic heterocycles. The van der Waals surface area contributed by atoms with Crippen LogP contribution in [0.15, 0.2) is 30.3 Å². The number of methoxy groups -OCH3 is 1. The van der Waals surface area contributed by atoms with Crippen LogP contribution in [-0.2, 0) is 16.0 Å². The average Bonchev–Trinajstić information content (AvgIpc) is 2.29. The Balaban J connectivity index is 2.67. The predicted octanol–water partition coefficient (Wildman–Crippen LogP) is 2.83. The fourth-order valence-corrected chi connectivity index (χ4v) is 1.38. The normalized spacial score (nSPS) is 10.5. The van der Waals surface area contributed by atoms with E-state index in [-0.39, 0.29) is 5.97 Å². The molecule has 0 heterocycles. The Hall–Kier alpha value is -1.57. The Morgan fingerprint density at radius 1 is 1.40 bits per heavy atom. The van der Waals surface area contributed by atoms with Gasteiger partial charge in [-0.3, -0.25) is 4.79 Å². The molecule has 0 aromatic heterocycles. The lowest BCUT2D eigenvalue weighted by atomic mass is 10.0. The molecule has 2 nitrogen and oxygen atoms in total. The van der Waals surface area contributed by atoms with Crippen LogP contribution in [-0.4, -0.2) is 13.1 Å². The van der Waals surface area contributed by atoms with Crippen molar-refractivity contribution in [3.05, 3.63) is 41.5 Å². The van der Waals surface area contributed by atoms with Crippen molar-refractivity contribution in [2.75, 3.05) is 7.11 Å². The van der Waals surface area contributed by atoms with E-state index in [1.807, 2.05) is 30.4 Å². The zero-order valence-electron chi connectivity index (χ0n) is 9.19. The lowest BCUT2D eigenvalue weighted by Crippen LogP contribution is -1.96. The van der Waals surface area contributed by atoms with E-state index >= 15 is 0 Å². The van der Waals surface area contributed by atoms with Crippen molar-refractivity contribution in [1.29, 1.82) is 0 Å². The molecule has 2 heteroatoms. The van der Waals surface area contributed by atoms with Crippen LogP contribution in [0.3, 0.4) is 0 Å². The van der Waals surface area contributed by atoms with Crippen molar-refractivity contribution in [2.24, 2.45) is 0 Å². The van der Waals surface area contributed by atoms with Gasteiger partial charge in [-0.15, -0.1) is 0 Å². The van der Waals surface area contributed by atoms with Gasteiger partial charge in [0.15, 0.2) is 0 Å². The summed E-state index contributed by atoms with van der Waals surface area (Å²) in [7, 11) is 1.40. The topological polar surface area (TPSA) is 26.3 Å². The average molecular weight is 204 g/mol. The van der Waals surface area contributed by atoms with E-state index in [1.165, 1.54) is 18.2 Å². The van der Waals surface area contributed by atoms with Crippen molar-refractivity contribution in [3.63, 3.8) is 0 Å². The standard InChI is InChI=1S/C13H16O2/c1-3-11-7-4-5-8-12(11)9-6-10-13(14)15-2/h4-9H,3,10H2,1-2H3. The quantitative estimate of drug-likeness (QED) is 0.705. The van der Waals surface area contributed by atoms with Gasteiger partial charge in [0.1, 0.15) is 0 Å². The Labute approximate surface area is 90.6 Å². The van der Waals surface area contributed by atoms with Gasteiger partial charge in [-0.25, -0.2) is 0 Å². The van der Waals surface area contributed by atoms with Crippen LogP contribution in [0.25, 0.3) is 6.08 Å². The zero-order chi connectivity index (χ0) is 11.1. The summed E-state index contributed by atoms with van der Waals surface area (Å²) >= 11 is 0. The monoisotopic (exact) mass is 204 g/mol. The van der Waals surface area contributed by atoms with Gasteiger partial charge in [0, 0.05) is 0 Å². The van der Waals surface area contributed by atoms with Gasteiger partial charge in [0.2, 0.25) is 0 Å². The maximum absolute atomic E-state index is 10.9. The zero-order valence-corrected chi connectivity index (χ0v) is 9.19. The minimum absolute atomic E-state index is 0.208. The Morgan fingerprint density at radius 2 is 2.13 bits per heavy atom. The molecule has 1 rings (SSSR count). The molecule has 0 fully saturated rings. The van der Waals surface area contributed by atoms with Crippen LogP contribution >= 0.6 is 0 Å². The fourth-order valence-electron chi connectivity index (χ4n) is 1.38. The van der Waals surface area contributed by atoms with E-state index in [4.69, 9.17) is 0 Å². The highest BCUT2D eigenvalue weighted by Gasteiger charge is 1.97. The molecule has 1 aromatic carbocycles. The first-order valence-electron chi connectivity index (χ1n) is 5.09. The van der Waals surface area contributed by atoms with Gasteiger partial charge in [-0.1, -0.05) is 43.3 Å². The molecule has 0 radical (unpaired) electrons. The van der Waals surface area contributed by atoms with Gasteiger partial charge >= 0.3 is 5.97 Å². The van der Waals surface area contributed by atoms with Gasteiger partial charge in [0.25, 0.3) is 0 Å². The lowest BCUT2D eigenvalue weighted by molar-refractivity contribution is -0.139. The lowest BCUT2D eigenvalue weighted by Gasteiger charge is -2.01. The van der Waals surface area contributed by atoms with Gasteiger partial charge in [-0.05, 0) is 17.5 Å². The molecule has 15 heavy (non-hydrogen) atoms. The van der Waals surface area contributed by atoms with Gasteiger partial charge in [-0.2, -0.15) is 0 Å². The van der Waals surface area contributed by atoms with Crippen molar-refractivity contribution >= 4 is 12.0 Å². The molecule has 0 saturated carbocycles. The van der Waals surface area contributed by atoms with E-state index in [1.54, 1.807) is 0 Å². The van der Waals surface area contributed by atoms with Crippen LogP contribution in [0.1, 0.15) is 24.5 Å². The van der Waals surface area contributed by atoms with Crippen LogP contribution in [0, 0.1) is 0 Å². The second-order valence-electron chi connectivity index (χ2n) is 3.23. The number of aryl methyl sites for hydroxylation is 1. The number of ether oxygens (including phenoxy) is 1. The smallest absolute Gasteiger partial charge is 0.309 e. The number of esters is 1. The molecule has 0 spiro atoms. The van der Waals surface area contributed by atoms with Gasteiger partial charge in [0.05, 0.1) is 13.5 Å². The van der Waals surface area contributed by atoms with Crippen molar-refractivity contribution in [3.8, 4) is 0 Å². The van der Waals surface area contributed by atoms with Crippen LogP contribution in [0.5, 0.6) is 0 Å². The summed E-state index contributed by atoms with van der Waals surface area (Å²) in [5, 5.41) is 0. The molecule has 0 saturated heterocycles. The first-order valence-corrected chi connectivity index (χ1v) is 5.09. The van der Waals surface area contributed by atoms with Crippen LogP contribution in [0.4, 0.5) is 0 Å². The Morgan fingerprint density at radius 3 is 2.80 bits per heavy atom. The number of carbonyl (C=O) groups excluding carboxylic acids is 1. The summed E-state index contributed by atoms with van der Waals surface area (Å²) in [6.45, 7) is 2.12. The highest BCUT2D eigenvalue weighted by molar-refractivity contribution is 5.72. The SMILES string of the molecule is CCc1ccccc1C=CCC(=O)OC. The number of rotatable bonds is 4. The minimum Gasteiger partial charge on any atom is -0.469 e. The van der Waals surface area contributed by atoms with Crippen molar-refractivity contribution < 1.29 is 9.53 Å². The Kier molecular flexibility index (Phi) is 4.61. The highest BCUT2D eigenvalue weighted by atomic mass is 16.5. The third-order valence-corrected chi connectivity index (χ3v) is 2.25. The molecular weight excluding hydrogens is 188 g/mol.